The van der Waals surface area contributed by atoms with Crippen LogP contribution in [0.4, 0.5) is 0 Å². The van der Waals surface area contributed by atoms with Crippen molar-refractivity contribution in [2.24, 2.45) is 11.8 Å². The first-order chi connectivity index (χ1) is 11.0. The van der Waals surface area contributed by atoms with Crippen LogP contribution in [0.5, 0.6) is 0 Å². The molecule has 1 saturated heterocycles. The summed E-state index contributed by atoms with van der Waals surface area (Å²) in [5.74, 6) is 1.69. The Morgan fingerprint density at radius 3 is 2.39 bits per heavy atom. The van der Waals surface area contributed by atoms with Crippen LogP contribution in [-0.4, -0.2) is 46.8 Å². The SMILES string of the molecule is CCS[C@@H]1CCCC[C@@H]1NC(=O)C1CCN(C(=O)C(C)C)CC1. The molecule has 0 spiro atoms. The smallest absolute Gasteiger partial charge is 0.225 e. The third kappa shape index (κ3) is 5.13. The second-order valence-electron chi connectivity index (χ2n) is 7.15. The van der Waals surface area contributed by atoms with Crippen molar-refractivity contribution < 1.29 is 9.59 Å². The highest BCUT2D eigenvalue weighted by Gasteiger charge is 2.32. The highest BCUT2D eigenvalue weighted by molar-refractivity contribution is 7.99. The van der Waals surface area contributed by atoms with E-state index in [1.165, 1.54) is 19.3 Å². The van der Waals surface area contributed by atoms with Crippen LogP contribution in [0.15, 0.2) is 0 Å². The number of thioether (sulfide) groups is 1. The fraction of sp³-hybridized carbons (Fsp3) is 0.889. The number of hydrogen-bond donors (Lipinski definition) is 1. The normalized spacial score (nSPS) is 26.3. The van der Waals surface area contributed by atoms with Gasteiger partial charge in [0.15, 0.2) is 0 Å². The van der Waals surface area contributed by atoms with Gasteiger partial charge in [0.2, 0.25) is 11.8 Å². The van der Waals surface area contributed by atoms with E-state index in [-0.39, 0.29) is 23.7 Å². The minimum Gasteiger partial charge on any atom is -0.352 e. The lowest BCUT2D eigenvalue weighted by molar-refractivity contribution is -0.138. The van der Waals surface area contributed by atoms with Gasteiger partial charge in [0.05, 0.1) is 0 Å². The number of likely N-dealkylation sites (tertiary alicyclic amines) is 1. The third-order valence-electron chi connectivity index (χ3n) is 5.08. The van der Waals surface area contributed by atoms with Gasteiger partial charge in [-0.25, -0.2) is 0 Å². The molecule has 1 N–H and O–H groups in total. The number of amides is 2. The van der Waals surface area contributed by atoms with Crippen LogP contribution in [0.3, 0.4) is 0 Å². The monoisotopic (exact) mass is 340 g/mol. The Kier molecular flexibility index (Phi) is 7.25. The lowest BCUT2D eigenvalue weighted by Crippen LogP contribution is -2.49. The molecule has 2 amide bonds. The number of hydrogen-bond acceptors (Lipinski definition) is 3. The first-order valence-electron chi connectivity index (χ1n) is 9.23. The Balaban J connectivity index is 1.81. The van der Waals surface area contributed by atoms with Crippen molar-refractivity contribution in [3.05, 3.63) is 0 Å². The van der Waals surface area contributed by atoms with E-state index in [0.717, 1.165) is 38.1 Å². The molecule has 0 bridgehead atoms. The summed E-state index contributed by atoms with van der Waals surface area (Å²) in [6.07, 6.45) is 6.48. The van der Waals surface area contributed by atoms with E-state index < -0.39 is 0 Å². The standard InChI is InChI=1S/C18H32N2O2S/c1-4-23-16-8-6-5-7-15(16)19-17(21)14-9-11-20(12-10-14)18(22)13(2)3/h13-16H,4-12H2,1-3H3,(H,19,21)/t15-,16+/m0/s1. The Bertz CT molecular complexity index is 404. The predicted molar refractivity (Wildman–Crippen MR) is 96.5 cm³/mol. The molecule has 1 heterocycles. The number of nitrogens with one attached hydrogen (secondary N) is 1. The fourth-order valence-electron chi connectivity index (χ4n) is 3.70. The Morgan fingerprint density at radius 2 is 1.78 bits per heavy atom. The molecule has 2 fully saturated rings. The molecule has 1 saturated carbocycles. The van der Waals surface area contributed by atoms with Gasteiger partial charge < -0.3 is 10.2 Å². The van der Waals surface area contributed by atoms with Crippen LogP contribution in [0.1, 0.15) is 59.3 Å². The summed E-state index contributed by atoms with van der Waals surface area (Å²) >= 11 is 1.99. The van der Waals surface area contributed by atoms with E-state index in [4.69, 9.17) is 0 Å². The molecule has 23 heavy (non-hydrogen) atoms. The summed E-state index contributed by atoms with van der Waals surface area (Å²) in [7, 11) is 0. The Hall–Kier alpha value is -0.710. The first kappa shape index (κ1) is 18.6. The van der Waals surface area contributed by atoms with Gasteiger partial charge in [0.1, 0.15) is 0 Å². The van der Waals surface area contributed by atoms with Crippen LogP contribution in [0, 0.1) is 11.8 Å². The number of nitrogens with zero attached hydrogens (tertiary/aromatic N) is 1. The lowest BCUT2D eigenvalue weighted by Gasteiger charge is -2.35. The number of rotatable bonds is 5. The molecule has 0 aromatic rings. The predicted octanol–water partition coefficient (Wildman–Crippen LogP) is 3.06. The minimum atomic E-state index is 0.0504. The molecule has 132 valence electrons. The van der Waals surface area contributed by atoms with Gasteiger partial charge in [-0.2, -0.15) is 11.8 Å². The van der Waals surface area contributed by atoms with Crippen LogP contribution >= 0.6 is 11.8 Å². The number of piperidine rings is 1. The van der Waals surface area contributed by atoms with Gasteiger partial charge in [0, 0.05) is 36.2 Å². The summed E-state index contributed by atoms with van der Waals surface area (Å²) in [5.41, 5.74) is 0. The number of carbonyl (C=O) groups excluding carboxylic acids is 2. The third-order valence-corrected chi connectivity index (χ3v) is 6.41. The largest absolute Gasteiger partial charge is 0.352 e. The van der Waals surface area contributed by atoms with Crippen molar-refractivity contribution in [3.63, 3.8) is 0 Å². The topological polar surface area (TPSA) is 49.4 Å². The van der Waals surface area contributed by atoms with E-state index >= 15 is 0 Å². The van der Waals surface area contributed by atoms with Gasteiger partial charge in [-0.15, -0.1) is 0 Å². The molecular weight excluding hydrogens is 308 g/mol. The summed E-state index contributed by atoms with van der Waals surface area (Å²) in [4.78, 5) is 26.6. The molecule has 0 aromatic heterocycles. The van der Waals surface area contributed by atoms with Crippen molar-refractivity contribution in [2.45, 2.75) is 70.6 Å². The summed E-state index contributed by atoms with van der Waals surface area (Å²) in [5, 5.41) is 3.91. The van der Waals surface area contributed by atoms with Gasteiger partial charge in [0.25, 0.3) is 0 Å². The molecule has 1 aliphatic heterocycles. The van der Waals surface area contributed by atoms with Gasteiger partial charge in [-0.1, -0.05) is 33.6 Å². The zero-order valence-corrected chi connectivity index (χ0v) is 15.7. The second kappa shape index (κ2) is 8.95. The van der Waals surface area contributed by atoms with Crippen molar-refractivity contribution in [3.8, 4) is 0 Å². The van der Waals surface area contributed by atoms with Crippen molar-refractivity contribution in [1.29, 1.82) is 0 Å². The van der Waals surface area contributed by atoms with E-state index in [2.05, 4.69) is 12.2 Å². The fourth-order valence-corrected chi connectivity index (χ4v) is 4.90. The van der Waals surface area contributed by atoms with E-state index in [0.29, 0.717) is 11.3 Å². The quantitative estimate of drug-likeness (QED) is 0.837. The molecule has 4 nitrogen and oxygen atoms in total. The van der Waals surface area contributed by atoms with Crippen molar-refractivity contribution in [1.82, 2.24) is 10.2 Å². The Labute approximate surface area is 145 Å². The second-order valence-corrected chi connectivity index (χ2v) is 8.66. The molecule has 2 atom stereocenters. The van der Waals surface area contributed by atoms with E-state index in [1.807, 2.05) is 30.5 Å². The summed E-state index contributed by atoms with van der Waals surface area (Å²) < 4.78 is 0. The molecule has 0 radical (unpaired) electrons. The summed E-state index contributed by atoms with van der Waals surface area (Å²) in [6.45, 7) is 7.53. The van der Waals surface area contributed by atoms with Crippen LogP contribution in [0.25, 0.3) is 0 Å². The molecule has 2 rings (SSSR count). The maximum atomic E-state index is 12.6. The maximum Gasteiger partial charge on any atom is 0.225 e. The molecule has 0 aromatic carbocycles. The van der Waals surface area contributed by atoms with Gasteiger partial charge in [-0.3, -0.25) is 9.59 Å². The van der Waals surface area contributed by atoms with Crippen LogP contribution in [0.2, 0.25) is 0 Å². The van der Waals surface area contributed by atoms with E-state index in [1.54, 1.807) is 0 Å². The molecule has 1 aliphatic carbocycles. The number of carbonyl (C=O) groups is 2. The molecule has 5 heteroatoms. The zero-order chi connectivity index (χ0) is 16.8. The lowest BCUT2D eigenvalue weighted by atomic mass is 9.91. The average Bonchev–Trinajstić information content (AvgIpc) is 2.56. The minimum absolute atomic E-state index is 0.0504. The van der Waals surface area contributed by atoms with Crippen molar-refractivity contribution >= 4 is 23.6 Å². The van der Waals surface area contributed by atoms with Crippen LogP contribution < -0.4 is 5.32 Å². The van der Waals surface area contributed by atoms with Crippen LogP contribution in [-0.2, 0) is 9.59 Å². The molecular formula is C18H32N2O2S. The maximum absolute atomic E-state index is 12.6. The average molecular weight is 341 g/mol. The highest BCUT2D eigenvalue weighted by Crippen LogP contribution is 2.29. The molecule has 2 aliphatic rings. The molecule has 0 unspecified atom stereocenters. The Morgan fingerprint density at radius 1 is 1.13 bits per heavy atom. The zero-order valence-electron chi connectivity index (χ0n) is 14.8. The van der Waals surface area contributed by atoms with Crippen molar-refractivity contribution in [2.75, 3.05) is 18.8 Å². The van der Waals surface area contributed by atoms with Gasteiger partial charge in [-0.05, 0) is 31.4 Å². The highest BCUT2D eigenvalue weighted by atomic mass is 32.2. The first-order valence-corrected chi connectivity index (χ1v) is 10.3. The van der Waals surface area contributed by atoms with Gasteiger partial charge >= 0.3 is 0 Å². The summed E-state index contributed by atoms with van der Waals surface area (Å²) in [6, 6.07) is 0.344. The van der Waals surface area contributed by atoms with E-state index in [9.17, 15) is 9.59 Å².